The summed E-state index contributed by atoms with van der Waals surface area (Å²) in [5, 5.41) is 5.24. The Morgan fingerprint density at radius 3 is 2.67 bits per heavy atom. The second-order valence-corrected chi connectivity index (χ2v) is 5.01. The number of nitrogen functional groups attached to an aromatic ring is 1. The van der Waals surface area contributed by atoms with E-state index in [0.717, 1.165) is 10.8 Å². The van der Waals surface area contributed by atoms with Crippen LogP contribution in [0.4, 0.5) is 11.5 Å². The molecule has 4 nitrogen and oxygen atoms in total. The summed E-state index contributed by atoms with van der Waals surface area (Å²) in [5.74, 6) is -0.0626. The Balaban J connectivity index is 1.90. The third kappa shape index (κ3) is 2.80. The maximum atomic E-state index is 12.2. The Bertz CT molecular complexity index is 833. The van der Waals surface area contributed by atoms with Gasteiger partial charge < -0.3 is 11.1 Å². The summed E-state index contributed by atoms with van der Waals surface area (Å²) in [6.07, 6.45) is 1.37. The van der Waals surface area contributed by atoms with Crippen LogP contribution in [0.5, 0.6) is 0 Å². The molecule has 3 aromatic rings. The number of nitrogens with zero attached hydrogens (tertiary/aromatic N) is 1. The number of halogens is 1. The number of fused-ring (bicyclic) bond motifs is 1. The van der Waals surface area contributed by atoms with E-state index >= 15 is 0 Å². The van der Waals surface area contributed by atoms with Crippen molar-refractivity contribution in [3.8, 4) is 0 Å². The zero-order valence-corrected chi connectivity index (χ0v) is 11.8. The zero-order valence-electron chi connectivity index (χ0n) is 11.0. The highest BCUT2D eigenvalue weighted by atomic mass is 35.5. The molecule has 0 unspecified atom stereocenters. The maximum absolute atomic E-state index is 12.2. The predicted octanol–water partition coefficient (Wildman–Crippen LogP) is 3.72. The van der Waals surface area contributed by atoms with Crippen molar-refractivity contribution in [3.05, 3.63) is 65.3 Å². The third-order valence-electron chi connectivity index (χ3n) is 3.13. The van der Waals surface area contributed by atoms with E-state index in [9.17, 15) is 4.79 Å². The summed E-state index contributed by atoms with van der Waals surface area (Å²) in [6, 6.07) is 15.1. The van der Waals surface area contributed by atoms with Gasteiger partial charge >= 0.3 is 0 Å². The fraction of sp³-hybridized carbons (Fsp3) is 0. The van der Waals surface area contributed by atoms with Gasteiger partial charge in [-0.3, -0.25) is 4.79 Å². The lowest BCUT2D eigenvalue weighted by Gasteiger charge is -2.08. The number of carbonyl (C=O) groups excluding carboxylic acids is 1. The van der Waals surface area contributed by atoms with Crippen LogP contribution in [0.15, 0.2) is 54.7 Å². The maximum Gasteiger partial charge on any atom is 0.257 e. The van der Waals surface area contributed by atoms with Crippen molar-refractivity contribution in [3.63, 3.8) is 0 Å². The third-order valence-corrected chi connectivity index (χ3v) is 3.43. The molecule has 0 fully saturated rings. The van der Waals surface area contributed by atoms with Gasteiger partial charge in [0, 0.05) is 11.9 Å². The van der Waals surface area contributed by atoms with Gasteiger partial charge in [0.05, 0.1) is 10.6 Å². The van der Waals surface area contributed by atoms with Gasteiger partial charge in [0.25, 0.3) is 5.91 Å². The molecular formula is C16H12ClN3O. The molecule has 0 saturated carbocycles. The second-order valence-electron chi connectivity index (χ2n) is 4.61. The van der Waals surface area contributed by atoms with E-state index in [0.29, 0.717) is 11.3 Å². The summed E-state index contributed by atoms with van der Waals surface area (Å²) in [6.45, 7) is 0. The van der Waals surface area contributed by atoms with Crippen LogP contribution in [0.3, 0.4) is 0 Å². The lowest BCUT2D eigenvalue weighted by molar-refractivity contribution is 0.102. The molecule has 1 heterocycles. The number of pyridine rings is 1. The van der Waals surface area contributed by atoms with Gasteiger partial charge in [0.15, 0.2) is 0 Å². The summed E-state index contributed by atoms with van der Waals surface area (Å²) in [5.41, 5.74) is 6.59. The van der Waals surface area contributed by atoms with Gasteiger partial charge in [0.1, 0.15) is 5.82 Å². The first-order chi connectivity index (χ1) is 10.1. The Hall–Kier alpha value is -2.59. The Morgan fingerprint density at radius 1 is 1.10 bits per heavy atom. The fourth-order valence-electron chi connectivity index (χ4n) is 2.09. The van der Waals surface area contributed by atoms with Crippen LogP contribution >= 0.6 is 11.6 Å². The second kappa shape index (κ2) is 5.42. The Kier molecular flexibility index (Phi) is 3.46. The molecule has 0 radical (unpaired) electrons. The van der Waals surface area contributed by atoms with E-state index in [4.69, 9.17) is 17.3 Å². The zero-order chi connectivity index (χ0) is 14.8. The number of anilines is 2. The topological polar surface area (TPSA) is 68.0 Å². The number of aromatic nitrogens is 1. The van der Waals surface area contributed by atoms with Crippen LogP contribution in [-0.2, 0) is 0 Å². The minimum Gasteiger partial charge on any atom is -0.384 e. The molecule has 1 aromatic heterocycles. The molecular weight excluding hydrogens is 286 g/mol. The summed E-state index contributed by atoms with van der Waals surface area (Å²) >= 11 is 5.97. The molecule has 104 valence electrons. The molecule has 5 heteroatoms. The number of benzene rings is 2. The molecule has 0 atom stereocenters. The molecule has 0 bridgehead atoms. The van der Waals surface area contributed by atoms with Crippen LogP contribution in [0.1, 0.15) is 10.4 Å². The Labute approximate surface area is 126 Å². The van der Waals surface area contributed by atoms with Gasteiger partial charge in [-0.15, -0.1) is 0 Å². The standard InChI is InChI=1S/C16H12ClN3O/c17-14-9-19-15(18)8-13(14)16(21)20-12-6-5-10-3-1-2-4-11(10)7-12/h1-9H,(H2,18,19)(H,20,21). The summed E-state index contributed by atoms with van der Waals surface area (Å²) < 4.78 is 0. The molecule has 0 saturated heterocycles. The largest absolute Gasteiger partial charge is 0.384 e. The average molecular weight is 298 g/mol. The summed E-state index contributed by atoms with van der Waals surface area (Å²) in [4.78, 5) is 16.1. The van der Waals surface area contributed by atoms with E-state index in [1.807, 2.05) is 42.5 Å². The smallest absolute Gasteiger partial charge is 0.257 e. The van der Waals surface area contributed by atoms with Crippen LogP contribution in [0.2, 0.25) is 5.02 Å². The first kappa shape index (κ1) is 13.4. The highest BCUT2D eigenvalue weighted by Gasteiger charge is 2.12. The van der Waals surface area contributed by atoms with Crippen molar-refractivity contribution in [2.75, 3.05) is 11.1 Å². The quantitative estimate of drug-likeness (QED) is 0.757. The van der Waals surface area contributed by atoms with Gasteiger partial charge in [-0.1, -0.05) is 41.9 Å². The first-order valence-corrected chi connectivity index (χ1v) is 6.72. The van der Waals surface area contributed by atoms with Gasteiger partial charge in [-0.25, -0.2) is 4.98 Å². The SMILES string of the molecule is Nc1cc(C(=O)Nc2ccc3ccccc3c2)c(Cl)cn1. The van der Waals surface area contributed by atoms with Gasteiger partial charge in [0.2, 0.25) is 0 Å². The molecule has 2 aromatic carbocycles. The predicted molar refractivity (Wildman–Crippen MR) is 85.6 cm³/mol. The first-order valence-electron chi connectivity index (χ1n) is 6.34. The van der Waals surface area contributed by atoms with Crippen LogP contribution in [0, 0.1) is 0 Å². The number of nitrogens with two attached hydrogens (primary N) is 1. The fourth-order valence-corrected chi connectivity index (χ4v) is 2.28. The lowest BCUT2D eigenvalue weighted by Crippen LogP contribution is -2.13. The minimum atomic E-state index is -0.315. The highest BCUT2D eigenvalue weighted by molar-refractivity contribution is 6.34. The highest BCUT2D eigenvalue weighted by Crippen LogP contribution is 2.21. The van der Waals surface area contributed by atoms with Crippen molar-refractivity contribution in [1.82, 2.24) is 4.98 Å². The summed E-state index contributed by atoms with van der Waals surface area (Å²) in [7, 11) is 0. The monoisotopic (exact) mass is 297 g/mol. The molecule has 3 rings (SSSR count). The van der Waals surface area contributed by atoms with Gasteiger partial charge in [-0.2, -0.15) is 0 Å². The van der Waals surface area contributed by atoms with Crippen molar-refractivity contribution >= 4 is 39.8 Å². The van der Waals surface area contributed by atoms with E-state index in [2.05, 4.69) is 10.3 Å². The lowest BCUT2D eigenvalue weighted by atomic mass is 10.1. The van der Waals surface area contributed by atoms with E-state index in [1.54, 1.807) is 0 Å². The van der Waals surface area contributed by atoms with Crippen LogP contribution in [-0.4, -0.2) is 10.9 Å². The number of amides is 1. The number of hydrogen-bond donors (Lipinski definition) is 2. The Morgan fingerprint density at radius 2 is 1.86 bits per heavy atom. The normalized spacial score (nSPS) is 10.5. The van der Waals surface area contributed by atoms with E-state index in [-0.39, 0.29) is 16.7 Å². The number of carbonyl (C=O) groups is 1. The minimum absolute atomic E-state index is 0.253. The van der Waals surface area contributed by atoms with Crippen molar-refractivity contribution in [2.45, 2.75) is 0 Å². The molecule has 0 aliphatic rings. The average Bonchev–Trinajstić information content (AvgIpc) is 2.49. The molecule has 0 spiro atoms. The van der Waals surface area contributed by atoms with Crippen LogP contribution < -0.4 is 11.1 Å². The molecule has 0 aliphatic carbocycles. The number of rotatable bonds is 2. The number of hydrogen-bond acceptors (Lipinski definition) is 3. The van der Waals surface area contributed by atoms with Crippen molar-refractivity contribution < 1.29 is 4.79 Å². The van der Waals surface area contributed by atoms with Gasteiger partial charge in [-0.05, 0) is 29.0 Å². The van der Waals surface area contributed by atoms with E-state index in [1.165, 1.54) is 12.3 Å². The van der Waals surface area contributed by atoms with E-state index < -0.39 is 0 Å². The van der Waals surface area contributed by atoms with Crippen molar-refractivity contribution in [2.24, 2.45) is 0 Å². The molecule has 0 aliphatic heterocycles. The molecule has 1 amide bonds. The molecule has 3 N–H and O–H groups in total. The van der Waals surface area contributed by atoms with Crippen molar-refractivity contribution in [1.29, 1.82) is 0 Å². The van der Waals surface area contributed by atoms with Crippen LogP contribution in [0.25, 0.3) is 10.8 Å². The molecule has 21 heavy (non-hydrogen) atoms. The number of nitrogens with one attached hydrogen (secondary N) is 1.